The van der Waals surface area contributed by atoms with Crippen LogP contribution >= 0.6 is 22.9 Å². The molecule has 0 aliphatic rings. The Bertz CT molecular complexity index is 1440. The van der Waals surface area contributed by atoms with Gasteiger partial charge in [-0.1, -0.05) is 18.5 Å². The molecule has 4 heterocycles. The van der Waals surface area contributed by atoms with Gasteiger partial charge >= 0.3 is 6.18 Å². The van der Waals surface area contributed by atoms with E-state index in [9.17, 15) is 22.8 Å². The molecule has 0 spiro atoms. The zero-order valence-electron chi connectivity index (χ0n) is 18.7. The lowest BCUT2D eigenvalue weighted by molar-refractivity contribution is -0.137. The summed E-state index contributed by atoms with van der Waals surface area (Å²) in [5, 5.41) is 2.24. The van der Waals surface area contributed by atoms with Crippen LogP contribution in [0.2, 0.25) is 5.02 Å². The van der Waals surface area contributed by atoms with Crippen molar-refractivity contribution < 1.29 is 22.8 Å². The number of H-pyrrole nitrogens is 1. The van der Waals surface area contributed by atoms with E-state index in [4.69, 9.17) is 11.6 Å². The summed E-state index contributed by atoms with van der Waals surface area (Å²) in [5.74, 6) is -1.07. The Morgan fingerprint density at radius 3 is 2.58 bits per heavy atom. The molecule has 186 valence electrons. The molecule has 0 saturated carbocycles. The van der Waals surface area contributed by atoms with Gasteiger partial charge in [-0.3, -0.25) is 9.59 Å². The van der Waals surface area contributed by atoms with Gasteiger partial charge in [0.05, 0.1) is 21.8 Å². The maximum atomic E-state index is 13.0. The molecule has 0 radical (unpaired) electrons. The van der Waals surface area contributed by atoms with Gasteiger partial charge in [0, 0.05) is 30.4 Å². The molecule has 1 amide bonds. The zero-order valence-corrected chi connectivity index (χ0v) is 20.3. The number of aromatic amines is 1. The van der Waals surface area contributed by atoms with Gasteiger partial charge < -0.3 is 10.3 Å². The lowest BCUT2D eigenvalue weighted by Gasteiger charge is -2.10. The lowest BCUT2D eigenvalue weighted by atomic mass is 10.0. The van der Waals surface area contributed by atoms with Crippen molar-refractivity contribution in [2.75, 3.05) is 5.32 Å². The van der Waals surface area contributed by atoms with E-state index < -0.39 is 22.7 Å². The molecule has 0 aliphatic carbocycles. The van der Waals surface area contributed by atoms with Gasteiger partial charge in [0.2, 0.25) is 0 Å². The number of halogens is 4. The topological polar surface area (TPSA) is 126 Å². The number of carbonyl (C=O) groups excluding carboxylic acids is 2. The lowest BCUT2D eigenvalue weighted by Crippen LogP contribution is -2.13. The van der Waals surface area contributed by atoms with Gasteiger partial charge in [-0.25, -0.2) is 24.9 Å². The molecule has 1 atom stereocenters. The number of ketones is 1. The summed E-state index contributed by atoms with van der Waals surface area (Å²) in [6.45, 7) is 3.62. The first-order valence-corrected chi connectivity index (χ1v) is 11.6. The number of anilines is 1. The van der Waals surface area contributed by atoms with Crippen molar-refractivity contribution in [1.29, 1.82) is 0 Å². The van der Waals surface area contributed by atoms with Gasteiger partial charge in [0.25, 0.3) is 5.91 Å². The standard InChI is InChI=1S/C22H17ClF3N7O2S/c1-10(3-16(34)14-5-15(31-9-30-14)19-28-6-11(2)32-19)21-29-8-17(36-21)20(35)33-18-4-12(22(24,25)26)13(23)7-27-18/h4-10H,3H2,1-2H3,(H,28,32)(H,27,33,35)/t10-/m0/s1. The number of thiazole rings is 1. The number of pyridine rings is 1. The second-order valence-corrected chi connectivity index (χ2v) is 9.27. The Balaban J connectivity index is 1.43. The summed E-state index contributed by atoms with van der Waals surface area (Å²) >= 11 is 6.58. The number of hydrogen-bond acceptors (Lipinski definition) is 8. The third kappa shape index (κ3) is 5.74. The number of Topliss-reactive ketones (excluding diaryl/α,β-unsaturated/α-hetero) is 1. The maximum absolute atomic E-state index is 13.0. The average molecular weight is 536 g/mol. The van der Waals surface area contributed by atoms with E-state index in [1.165, 1.54) is 12.5 Å². The minimum absolute atomic E-state index is 0.0654. The predicted molar refractivity (Wildman–Crippen MR) is 126 cm³/mol. The second-order valence-electron chi connectivity index (χ2n) is 7.80. The Morgan fingerprint density at radius 1 is 1.11 bits per heavy atom. The number of aromatic nitrogens is 6. The Hall–Kier alpha value is -3.71. The van der Waals surface area contributed by atoms with Crippen LogP contribution in [0, 0.1) is 6.92 Å². The second kappa shape index (κ2) is 10.1. The fourth-order valence-corrected chi connectivity index (χ4v) is 4.25. The highest BCUT2D eigenvalue weighted by atomic mass is 35.5. The normalized spacial score (nSPS) is 12.4. The van der Waals surface area contributed by atoms with Crippen molar-refractivity contribution in [3.05, 3.63) is 68.9 Å². The van der Waals surface area contributed by atoms with E-state index in [0.717, 1.165) is 23.2 Å². The van der Waals surface area contributed by atoms with E-state index in [1.807, 2.05) is 6.92 Å². The first kappa shape index (κ1) is 25.4. The Labute approximate surface area is 211 Å². The van der Waals surface area contributed by atoms with Crippen LogP contribution in [0.1, 0.15) is 55.7 Å². The van der Waals surface area contributed by atoms with Crippen LogP contribution in [0.15, 0.2) is 37.1 Å². The number of aryl methyl sites for hydroxylation is 1. The van der Waals surface area contributed by atoms with Crippen molar-refractivity contribution in [2.24, 2.45) is 0 Å². The van der Waals surface area contributed by atoms with Gasteiger partial charge in [0.1, 0.15) is 28.4 Å². The van der Waals surface area contributed by atoms with Crippen LogP contribution in [-0.2, 0) is 6.18 Å². The molecule has 0 aliphatic heterocycles. The van der Waals surface area contributed by atoms with Crippen LogP contribution in [0.4, 0.5) is 19.0 Å². The highest BCUT2D eigenvalue weighted by molar-refractivity contribution is 7.13. The summed E-state index contributed by atoms with van der Waals surface area (Å²) in [6, 6.07) is 2.20. The Morgan fingerprint density at radius 2 is 1.89 bits per heavy atom. The van der Waals surface area contributed by atoms with E-state index in [0.29, 0.717) is 22.6 Å². The van der Waals surface area contributed by atoms with E-state index in [-0.39, 0.29) is 34.5 Å². The summed E-state index contributed by atoms with van der Waals surface area (Å²) in [6.07, 6.45) is 0.411. The van der Waals surface area contributed by atoms with E-state index in [2.05, 4.69) is 35.2 Å². The molecule has 0 aromatic carbocycles. The van der Waals surface area contributed by atoms with E-state index >= 15 is 0 Å². The number of amides is 1. The smallest absolute Gasteiger partial charge is 0.341 e. The number of nitrogens with zero attached hydrogens (tertiary/aromatic N) is 5. The number of nitrogens with one attached hydrogen (secondary N) is 2. The summed E-state index contributed by atoms with van der Waals surface area (Å²) in [5.41, 5.74) is 0.430. The minimum atomic E-state index is -4.69. The SMILES string of the molecule is Cc1cnc(-c2cc(C(=O)C[C@H](C)c3ncc(C(=O)Nc4cc(C(F)(F)F)c(Cl)cn4)s3)ncn2)[nH]1. The van der Waals surface area contributed by atoms with Crippen LogP contribution in [0.3, 0.4) is 0 Å². The van der Waals surface area contributed by atoms with Gasteiger partial charge in [-0.05, 0) is 19.1 Å². The van der Waals surface area contributed by atoms with Crippen LogP contribution < -0.4 is 5.32 Å². The summed E-state index contributed by atoms with van der Waals surface area (Å²) in [7, 11) is 0. The minimum Gasteiger partial charge on any atom is -0.341 e. The molecule has 9 nitrogen and oxygen atoms in total. The third-order valence-corrected chi connectivity index (χ3v) is 6.49. The largest absolute Gasteiger partial charge is 0.418 e. The molecule has 4 rings (SSSR count). The molecule has 0 saturated heterocycles. The fraction of sp³-hybridized carbons (Fsp3) is 0.227. The molecule has 4 aromatic rings. The molecule has 0 bridgehead atoms. The molecule has 36 heavy (non-hydrogen) atoms. The Kier molecular flexibility index (Phi) is 7.13. The fourth-order valence-electron chi connectivity index (χ4n) is 3.17. The summed E-state index contributed by atoms with van der Waals surface area (Å²) in [4.78, 5) is 48.8. The summed E-state index contributed by atoms with van der Waals surface area (Å²) < 4.78 is 39.1. The number of carbonyl (C=O) groups is 2. The predicted octanol–water partition coefficient (Wildman–Crippen LogP) is 5.33. The van der Waals surface area contributed by atoms with E-state index in [1.54, 1.807) is 19.2 Å². The van der Waals surface area contributed by atoms with Crippen LogP contribution in [0.5, 0.6) is 0 Å². The van der Waals surface area contributed by atoms with Crippen molar-refractivity contribution in [3.8, 4) is 11.5 Å². The van der Waals surface area contributed by atoms with Crippen LogP contribution in [0.25, 0.3) is 11.5 Å². The van der Waals surface area contributed by atoms with Gasteiger partial charge in [0.15, 0.2) is 11.6 Å². The van der Waals surface area contributed by atoms with Crippen LogP contribution in [-0.4, -0.2) is 41.6 Å². The molecule has 14 heteroatoms. The zero-order chi connectivity index (χ0) is 26.0. The maximum Gasteiger partial charge on any atom is 0.418 e. The number of alkyl halides is 3. The highest BCUT2D eigenvalue weighted by Gasteiger charge is 2.34. The van der Waals surface area contributed by atoms with Crippen molar-refractivity contribution in [3.63, 3.8) is 0 Å². The van der Waals surface area contributed by atoms with Crippen molar-refractivity contribution in [1.82, 2.24) is 29.9 Å². The molecule has 4 aromatic heterocycles. The quantitative estimate of drug-likeness (QED) is 0.306. The molecule has 2 N–H and O–H groups in total. The molecule has 0 unspecified atom stereocenters. The average Bonchev–Trinajstić information content (AvgIpc) is 3.49. The first-order chi connectivity index (χ1) is 17.0. The van der Waals surface area contributed by atoms with Crippen molar-refractivity contribution >= 4 is 40.4 Å². The van der Waals surface area contributed by atoms with Crippen molar-refractivity contribution in [2.45, 2.75) is 32.4 Å². The molecular weight excluding hydrogens is 519 g/mol. The van der Waals surface area contributed by atoms with Gasteiger partial charge in [-0.2, -0.15) is 13.2 Å². The van der Waals surface area contributed by atoms with Gasteiger partial charge in [-0.15, -0.1) is 11.3 Å². The monoisotopic (exact) mass is 535 g/mol. The third-order valence-electron chi connectivity index (χ3n) is 4.96. The first-order valence-electron chi connectivity index (χ1n) is 10.4. The molecule has 0 fully saturated rings. The highest BCUT2D eigenvalue weighted by Crippen LogP contribution is 2.35. The number of imidazole rings is 1. The molecular formula is C22H17ClF3N7O2S. The number of rotatable bonds is 7. The number of hydrogen-bond donors (Lipinski definition) is 2.